The fourth-order valence-corrected chi connectivity index (χ4v) is 3.02. The lowest BCUT2D eigenvalue weighted by atomic mass is 10.1. The molecule has 0 heterocycles. The van der Waals surface area contributed by atoms with Crippen LogP contribution in [0.2, 0.25) is 0 Å². The number of nitrogens with one attached hydrogen (secondary N) is 1. The van der Waals surface area contributed by atoms with Gasteiger partial charge in [0.15, 0.2) is 6.04 Å². The van der Waals surface area contributed by atoms with Gasteiger partial charge >= 0.3 is 18.2 Å². The normalized spacial score (nSPS) is 12.3. The predicted octanol–water partition coefficient (Wildman–Crippen LogP) is 3.10. The van der Waals surface area contributed by atoms with Crippen molar-refractivity contribution in [2.24, 2.45) is 0 Å². The van der Waals surface area contributed by atoms with Gasteiger partial charge in [-0.2, -0.15) is 0 Å². The molecule has 2 N–H and O–H groups in total. The molecule has 0 aliphatic carbocycles. The highest BCUT2D eigenvalue weighted by Gasteiger charge is 2.33. The Morgan fingerprint density at radius 1 is 0.943 bits per heavy atom. The Kier molecular flexibility index (Phi) is 9.98. The molecular formula is C25H30N3O7+. The van der Waals surface area contributed by atoms with Crippen LogP contribution in [0.5, 0.6) is 0 Å². The number of ether oxygens (including phenoxy) is 2. The molecule has 0 aromatic heterocycles. The number of hydrogen-bond donors (Lipinski definition) is 2. The molecule has 0 saturated heterocycles. The number of benzene rings is 2. The first-order valence-electron chi connectivity index (χ1n) is 10.8. The van der Waals surface area contributed by atoms with Crippen LogP contribution in [0.15, 0.2) is 72.6 Å². The van der Waals surface area contributed by atoms with Crippen molar-refractivity contribution < 1.29 is 38.2 Å². The first-order valence-corrected chi connectivity index (χ1v) is 10.8. The number of carboxylic acids is 1. The summed E-state index contributed by atoms with van der Waals surface area (Å²) in [5.41, 5.74) is 1.46. The largest absolute Gasteiger partial charge is 0.477 e. The number of quaternary nitrogens is 1. The molecule has 0 spiro atoms. The van der Waals surface area contributed by atoms with Crippen molar-refractivity contribution in [1.82, 2.24) is 10.2 Å². The second kappa shape index (κ2) is 12.9. The first kappa shape index (κ1) is 27.1. The topological polar surface area (TPSA) is 122 Å². The molecule has 0 aliphatic rings. The minimum atomic E-state index is -1.12. The summed E-state index contributed by atoms with van der Waals surface area (Å²) in [6.07, 6.45) is -0.802. The fraction of sp³-hybridized carbons (Fsp3) is 0.280. The lowest BCUT2D eigenvalue weighted by molar-refractivity contribution is -0.887. The molecule has 10 nitrogen and oxygen atoms in total. The zero-order valence-electron chi connectivity index (χ0n) is 19.9. The molecule has 186 valence electrons. The fourth-order valence-electron chi connectivity index (χ4n) is 3.02. The van der Waals surface area contributed by atoms with Crippen molar-refractivity contribution in [1.29, 1.82) is 0 Å². The number of hydrogen-bond acceptors (Lipinski definition) is 6. The number of carboxylic acid groups (broad SMARTS) is 1. The van der Waals surface area contributed by atoms with Crippen LogP contribution < -0.4 is 5.32 Å². The number of imide groups is 1. The molecule has 2 aromatic rings. The van der Waals surface area contributed by atoms with E-state index in [2.05, 4.69) is 5.32 Å². The summed E-state index contributed by atoms with van der Waals surface area (Å²) in [5.74, 6) is -1.12. The number of amides is 3. The van der Waals surface area contributed by atoms with Crippen molar-refractivity contribution >= 4 is 24.6 Å². The number of alkyl carbamates (subject to hydrolysis) is 1. The quantitative estimate of drug-likeness (QED) is 0.371. The summed E-state index contributed by atoms with van der Waals surface area (Å²) in [4.78, 5) is 49.0. The number of carbonyl (C=O) groups is 4. The molecule has 0 saturated carbocycles. The van der Waals surface area contributed by atoms with E-state index in [-0.39, 0.29) is 36.2 Å². The smallest absolute Gasteiger partial charge is 0.420 e. The van der Waals surface area contributed by atoms with Crippen LogP contribution in [0.3, 0.4) is 0 Å². The molecule has 2 aromatic carbocycles. The summed E-state index contributed by atoms with van der Waals surface area (Å²) in [7, 11) is 5.03. The van der Waals surface area contributed by atoms with Crippen molar-refractivity contribution in [2.45, 2.75) is 25.7 Å². The van der Waals surface area contributed by atoms with Gasteiger partial charge in [0, 0.05) is 11.9 Å². The monoisotopic (exact) mass is 484 g/mol. The Bertz CT molecular complexity index is 1030. The van der Waals surface area contributed by atoms with Crippen LogP contribution in [0, 0.1) is 0 Å². The van der Waals surface area contributed by atoms with E-state index in [1.54, 1.807) is 69.7 Å². The third kappa shape index (κ3) is 9.30. The number of likely N-dealkylation sites (N-methyl/N-ethyl adjacent to an activating group) is 1. The average molecular weight is 485 g/mol. The van der Waals surface area contributed by atoms with Gasteiger partial charge in [0.1, 0.15) is 13.2 Å². The average Bonchev–Trinajstić information content (AvgIpc) is 2.83. The van der Waals surface area contributed by atoms with Crippen LogP contribution in [-0.2, 0) is 32.3 Å². The molecule has 3 amide bonds. The van der Waals surface area contributed by atoms with Crippen molar-refractivity contribution in [3.8, 4) is 0 Å². The maximum atomic E-state index is 12.5. The maximum absolute atomic E-state index is 12.5. The minimum absolute atomic E-state index is 0.00715. The Morgan fingerprint density at radius 3 is 1.91 bits per heavy atom. The first-order chi connectivity index (χ1) is 16.6. The van der Waals surface area contributed by atoms with E-state index in [4.69, 9.17) is 9.47 Å². The van der Waals surface area contributed by atoms with E-state index in [0.29, 0.717) is 4.90 Å². The number of carbonyl (C=O) groups excluding carboxylic acids is 3. The van der Waals surface area contributed by atoms with Gasteiger partial charge in [0.2, 0.25) is 6.41 Å². The van der Waals surface area contributed by atoms with E-state index in [0.717, 1.165) is 17.3 Å². The molecular weight excluding hydrogens is 454 g/mol. The molecule has 1 atom stereocenters. The van der Waals surface area contributed by atoms with Crippen LogP contribution in [0.1, 0.15) is 17.5 Å². The van der Waals surface area contributed by atoms with Crippen LogP contribution in [0.4, 0.5) is 9.59 Å². The molecule has 2 rings (SSSR count). The van der Waals surface area contributed by atoms with E-state index in [9.17, 15) is 24.3 Å². The molecule has 10 heteroatoms. The number of rotatable bonds is 11. The summed E-state index contributed by atoms with van der Waals surface area (Å²) in [5, 5.41) is 12.1. The van der Waals surface area contributed by atoms with Gasteiger partial charge in [-0.15, -0.1) is 0 Å². The third-order valence-electron chi connectivity index (χ3n) is 4.93. The SMILES string of the molecule is C[N+](C)(C)C(C/C(=C/N(C=O)C(=O)OCc1ccccc1)NC(=O)OCc1ccccc1)C(=O)O. The Balaban J connectivity index is 2.18. The van der Waals surface area contributed by atoms with Gasteiger partial charge in [0.25, 0.3) is 0 Å². The van der Waals surface area contributed by atoms with E-state index in [1.165, 1.54) is 0 Å². The lowest BCUT2D eigenvalue weighted by Crippen LogP contribution is -2.50. The summed E-state index contributed by atoms with van der Waals surface area (Å²) in [6.45, 7) is -0.0927. The standard InChI is InChI=1S/C25H29N3O7/c1-28(2,3)22(23(30)31)14-21(26-24(32)34-16-19-10-6-4-7-11-19)15-27(18-29)25(33)35-17-20-12-8-5-9-13-20/h4-13,15,18,22H,14,16-17H2,1-3H3,(H-,26,30,31,32)/p+1/b21-15-. The van der Waals surface area contributed by atoms with Crippen molar-refractivity contribution in [3.05, 3.63) is 83.7 Å². The van der Waals surface area contributed by atoms with Gasteiger partial charge in [-0.05, 0) is 11.1 Å². The maximum Gasteiger partial charge on any atom is 0.420 e. The third-order valence-corrected chi connectivity index (χ3v) is 4.93. The van der Waals surface area contributed by atoms with Gasteiger partial charge in [-0.25, -0.2) is 19.3 Å². The Labute approximate surface area is 203 Å². The van der Waals surface area contributed by atoms with Gasteiger partial charge in [-0.3, -0.25) is 10.1 Å². The number of aliphatic carboxylic acids is 1. The summed E-state index contributed by atoms with van der Waals surface area (Å²) >= 11 is 0. The molecule has 0 aliphatic heterocycles. The van der Waals surface area contributed by atoms with Crippen LogP contribution >= 0.6 is 0 Å². The molecule has 0 radical (unpaired) electrons. The van der Waals surface area contributed by atoms with Gasteiger partial charge in [0.05, 0.1) is 27.6 Å². The van der Waals surface area contributed by atoms with Gasteiger partial charge < -0.3 is 19.1 Å². The molecule has 0 bridgehead atoms. The predicted molar refractivity (Wildman–Crippen MR) is 126 cm³/mol. The second-order valence-corrected chi connectivity index (χ2v) is 8.57. The zero-order valence-corrected chi connectivity index (χ0v) is 19.9. The number of nitrogens with zero attached hydrogens (tertiary/aromatic N) is 2. The lowest BCUT2D eigenvalue weighted by Gasteiger charge is -2.31. The van der Waals surface area contributed by atoms with Gasteiger partial charge in [-0.1, -0.05) is 60.7 Å². The zero-order chi connectivity index (χ0) is 25.8. The van der Waals surface area contributed by atoms with E-state index < -0.39 is 24.2 Å². The summed E-state index contributed by atoms with van der Waals surface area (Å²) < 4.78 is 10.4. The van der Waals surface area contributed by atoms with E-state index in [1.807, 2.05) is 12.1 Å². The molecule has 0 fully saturated rings. The highest BCUT2D eigenvalue weighted by Crippen LogP contribution is 2.15. The van der Waals surface area contributed by atoms with Crippen LogP contribution in [0.25, 0.3) is 0 Å². The molecule has 35 heavy (non-hydrogen) atoms. The Morgan fingerprint density at radius 2 is 1.46 bits per heavy atom. The van der Waals surface area contributed by atoms with E-state index >= 15 is 0 Å². The Hall–Kier alpha value is -4.18. The van der Waals surface area contributed by atoms with Crippen LogP contribution in [-0.4, -0.2) is 66.2 Å². The summed E-state index contributed by atoms with van der Waals surface area (Å²) in [6, 6.07) is 16.8. The highest BCUT2D eigenvalue weighted by atomic mass is 16.6. The van der Waals surface area contributed by atoms with Crippen molar-refractivity contribution in [2.75, 3.05) is 21.1 Å². The highest BCUT2D eigenvalue weighted by molar-refractivity contribution is 5.82. The molecule has 1 unspecified atom stereocenters. The van der Waals surface area contributed by atoms with Crippen molar-refractivity contribution in [3.63, 3.8) is 0 Å². The second-order valence-electron chi connectivity index (χ2n) is 8.57. The minimum Gasteiger partial charge on any atom is -0.477 e.